The lowest BCUT2D eigenvalue weighted by Crippen LogP contribution is -2.63. The number of carbonyl (C=O) groups excluding carboxylic acids is 1. The predicted molar refractivity (Wildman–Crippen MR) is 136 cm³/mol. The molecule has 4 aliphatic carbocycles. The smallest absolute Gasteiger partial charge is 0.266 e. The van der Waals surface area contributed by atoms with Gasteiger partial charge in [-0.2, -0.15) is 8.42 Å². The molecule has 0 saturated heterocycles. The van der Waals surface area contributed by atoms with Crippen LogP contribution in [0.15, 0.2) is 0 Å². The minimum absolute atomic E-state index is 0.0495. The molecule has 1 amide bonds. The number of fused-ring (bicyclic) bond motifs is 5. The molecule has 0 heterocycles. The van der Waals surface area contributed by atoms with Gasteiger partial charge in [-0.1, -0.05) is 20.8 Å². The molecule has 0 bridgehead atoms. The standard InChI is InChI=1S/C27H47NO7S/c1-4-27-19(16(2)5-8-24(32)28-11-12-36(33,34)35)6-7-20(27)25-21(15-23(27)31)26(3)10-9-18(29)13-17(26)14-22(25)30/h16-23,25,29-31H,4-15H2,1-3H3,(H,28,32)(H,33,34,35)/t16-,17+,18-,19-,20+,21+,22-,23+,25+,26+,27-/m1/s1. The van der Waals surface area contributed by atoms with E-state index in [2.05, 4.69) is 26.1 Å². The Morgan fingerprint density at radius 1 is 1.08 bits per heavy atom. The summed E-state index contributed by atoms with van der Waals surface area (Å²) in [5.41, 5.74) is -0.214. The van der Waals surface area contributed by atoms with E-state index in [1.165, 1.54) is 0 Å². The van der Waals surface area contributed by atoms with E-state index < -0.39 is 28.1 Å². The number of rotatable bonds is 8. The van der Waals surface area contributed by atoms with Crippen molar-refractivity contribution < 1.29 is 33.1 Å². The predicted octanol–water partition coefficient (Wildman–Crippen LogP) is 2.76. The fourth-order valence-corrected chi connectivity index (χ4v) is 9.96. The van der Waals surface area contributed by atoms with Crippen LogP contribution < -0.4 is 5.32 Å². The third kappa shape index (κ3) is 4.99. The summed E-state index contributed by atoms with van der Waals surface area (Å²) in [6.07, 6.45) is 6.58. The molecule has 4 fully saturated rings. The number of carbonyl (C=O) groups is 1. The lowest BCUT2D eigenvalue weighted by Gasteiger charge is -2.64. The highest BCUT2D eigenvalue weighted by atomic mass is 32.2. The molecule has 4 saturated carbocycles. The molecule has 36 heavy (non-hydrogen) atoms. The van der Waals surface area contributed by atoms with Crippen LogP contribution >= 0.6 is 0 Å². The number of amides is 1. The summed E-state index contributed by atoms with van der Waals surface area (Å²) in [6.45, 7) is 6.56. The Hall–Kier alpha value is -0.740. The van der Waals surface area contributed by atoms with Gasteiger partial charge in [0.25, 0.3) is 10.1 Å². The summed E-state index contributed by atoms with van der Waals surface area (Å²) in [4.78, 5) is 12.3. The highest BCUT2D eigenvalue weighted by Crippen LogP contribution is 2.69. The fraction of sp³-hybridized carbons (Fsp3) is 0.963. The summed E-state index contributed by atoms with van der Waals surface area (Å²) in [6, 6.07) is 0. The molecule has 208 valence electrons. The van der Waals surface area contributed by atoms with Crippen LogP contribution in [-0.2, 0) is 14.9 Å². The molecular weight excluding hydrogens is 482 g/mol. The molecule has 0 aromatic rings. The zero-order valence-electron chi connectivity index (χ0n) is 22.1. The maximum absolute atomic E-state index is 12.3. The van der Waals surface area contributed by atoms with Crippen molar-refractivity contribution in [2.24, 2.45) is 46.3 Å². The Morgan fingerprint density at radius 2 is 1.81 bits per heavy atom. The van der Waals surface area contributed by atoms with Crippen LogP contribution in [0.5, 0.6) is 0 Å². The highest BCUT2D eigenvalue weighted by Gasteiger charge is 2.66. The number of aliphatic hydroxyl groups is 3. The Kier molecular flexibility index (Phi) is 8.20. The van der Waals surface area contributed by atoms with E-state index in [1.807, 2.05) is 0 Å². The van der Waals surface area contributed by atoms with Crippen LogP contribution in [-0.4, -0.2) is 64.8 Å². The van der Waals surface area contributed by atoms with Crippen LogP contribution in [0.25, 0.3) is 0 Å². The Labute approximate surface area is 216 Å². The Balaban J connectivity index is 1.47. The van der Waals surface area contributed by atoms with Gasteiger partial charge in [0.05, 0.1) is 24.1 Å². The average molecular weight is 530 g/mol. The topological polar surface area (TPSA) is 144 Å². The van der Waals surface area contributed by atoms with E-state index in [4.69, 9.17) is 4.55 Å². The molecule has 0 aromatic carbocycles. The molecule has 8 nitrogen and oxygen atoms in total. The van der Waals surface area contributed by atoms with Gasteiger partial charge in [-0.3, -0.25) is 9.35 Å². The monoisotopic (exact) mass is 529 g/mol. The van der Waals surface area contributed by atoms with Crippen molar-refractivity contribution in [3.05, 3.63) is 0 Å². The second-order valence-corrected chi connectivity index (χ2v) is 14.3. The zero-order valence-corrected chi connectivity index (χ0v) is 22.9. The number of aliphatic hydroxyl groups excluding tert-OH is 3. The van der Waals surface area contributed by atoms with E-state index in [0.717, 1.165) is 44.9 Å². The van der Waals surface area contributed by atoms with Crippen LogP contribution in [0.3, 0.4) is 0 Å². The van der Waals surface area contributed by atoms with Gasteiger partial charge < -0.3 is 20.6 Å². The Morgan fingerprint density at radius 3 is 2.47 bits per heavy atom. The summed E-state index contributed by atoms with van der Waals surface area (Å²) in [7, 11) is -4.10. The number of nitrogens with one attached hydrogen (secondary N) is 1. The first-order valence-corrected chi connectivity index (χ1v) is 15.7. The number of hydrogen-bond donors (Lipinski definition) is 5. The number of hydrogen-bond acceptors (Lipinski definition) is 6. The molecule has 0 spiro atoms. The lowest BCUT2D eigenvalue weighted by atomic mass is 9.42. The Bertz CT molecular complexity index is 912. The molecule has 0 aliphatic heterocycles. The molecule has 9 heteroatoms. The third-order valence-electron chi connectivity index (χ3n) is 11.3. The molecule has 0 aromatic heterocycles. The summed E-state index contributed by atoms with van der Waals surface area (Å²) in [5, 5.41) is 36.1. The van der Waals surface area contributed by atoms with E-state index in [1.54, 1.807) is 0 Å². The summed E-state index contributed by atoms with van der Waals surface area (Å²) >= 11 is 0. The SMILES string of the molecule is CC[C@@]12[C@@H]([C@H](C)CCC(=O)NCCS(=O)(=O)O)CC[C@H]1[C@@H]1[C@H](O)C[C@@H]3C[C@H](O)CC[C@]3(C)[C@H]1C[C@@H]2O. The first-order chi connectivity index (χ1) is 16.8. The second-order valence-electron chi connectivity index (χ2n) is 12.8. The van der Waals surface area contributed by atoms with Crippen LogP contribution in [0.2, 0.25) is 0 Å². The molecule has 4 aliphatic rings. The minimum atomic E-state index is -4.10. The van der Waals surface area contributed by atoms with Crippen LogP contribution in [0.4, 0.5) is 0 Å². The summed E-state index contributed by atoms with van der Waals surface area (Å²) < 4.78 is 30.6. The van der Waals surface area contributed by atoms with Crippen LogP contribution in [0.1, 0.15) is 85.0 Å². The van der Waals surface area contributed by atoms with Gasteiger partial charge in [0.2, 0.25) is 5.91 Å². The van der Waals surface area contributed by atoms with Gasteiger partial charge in [0, 0.05) is 18.4 Å². The van der Waals surface area contributed by atoms with Crippen molar-refractivity contribution in [3.8, 4) is 0 Å². The molecule has 4 rings (SSSR count). The summed E-state index contributed by atoms with van der Waals surface area (Å²) in [5.74, 6) is 0.749. The molecule has 0 unspecified atom stereocenters. The van der Waals surface area contributed by atoms with E-state index in [9.17, 15) is 28.5 Å². The van der Waals surface area contributed by atoms with E-state index in [-0.39, 0.29) is 65.4 Å². The maximum Gasteiger partial charge on any atom is 0.266 e. The van der Waals surface area contributed by atoms with Gasteiger partial charge in [0.1, 0.15) is 0 Å². The van der Waals surface area contributed by atoms with Gasteiger partial charge in [-0.05, 0) is 98.7 Å². The van der Waals surface area contributed by atoms with Crippen molar-refractivity contribution in [1.82, 2.24) is 5.32 Å². The molecule has 5 N–H and O–H groups in total. The molecule has 0 radical (unpaired) electrons. The van der Waals surface area contributed by atoms with Crippen molar-refractivity contribution in [3.63, 3.8) is 0 Å². The van der Waals surface area contributed by atoms with Gasteiger partial charge >= 0.3 is 0 Å². The lowest BCUT2D eigenvalue weighted by molar-refractivity contribution is -0.212. The quantitative estimate of drug-likeness (QED) is 0.304. The highest BCUT2D eigenvalue weighted by molar-refractivity contribution is 7.85. The average Bonchev–Trinajstić information content (AvgIpc) is 3.19. The zero-order chi connectivity index (χ0) is 26.5. The minimum Gasteiger partial charge on any atom is -0.393 e. The van der Waals surface area contributed by atoms with Gasteiger partial charge in [0.15, 0.2) is 0 Å². The van der Waals surface area contributed by atoms with Crippen molar-refractivity contribution in [2.75, 3.05) is 12.3 Å². The normalized spacial score (nSPS) is 45.3. The van der Waals surface area contributed by atoms with Gasteiger partial charge in [-0.25, -0.2) is 0 Å². The molecular formula is C27H47NO7S. The van der Waals surface area contributed by atoms with Crippen molar-refractivity contribution in [1.29, 1.82) is 0 Å². The van der Waals surface area contributed by atoms with Gasteiger partial charge in [-0.15, -0.1) is 0 Å². The maximum atomic E-state index is 12.3. The largest absolute Gasteiger partial charge is 0.393 e. The fourth-order valence-electron chi connectivity index (χ4n) is 9.60. The van der Waals surface area contributed by atoms with Crippen molar-refractivity contribution >= 4 is 16.0 Å². The first kappa shape index (κ1) is 28.3. The second kappa shape index (κ2) is 10.4. The van der Waals surface area contributed by atoms with Crippen molar-refractivity contribution in [2.45, 2.75) is 103 Å². The van der Waals surface area contributed by atoms with E-state index >= 15 is 0 Å². The van der Waals surface area contributed by atoms with Crippen LogP contribution in [0, 0.1) is 46.3 Å². The third-order valence-corrected chi connectivity index (χ3v) is 12.0. The van der Waals surface area contributed by atoms with E-state index in [0.29, 0.717) is 18.8 Å². The first-order valence-electron chi connectivity index (χ1n) is 14.1. The molecule has 11 atom stereocenters.